The summed E-state index contributed by atoms with van der Waals surface area (Å²) in [5.41, 5.74) is 6.14. The van der Waals surface area contributed by atoms with Crippen molar-refractivity contribution in [2.45, 2.75) is 41.0 Å². The lowest BCUT2D eigenvalue weighted by Gasteiger charge is -2.12. The van der Waals surface area contributed by atoms with Crippen molar-refractivity contribution < 1.29 is 23.8 Å². The summed E-state index contributed by atoms with van der Waals surface area (Å²) < 4.78 is 18.6. The van der Waals surface area contributed by atoms with Gasteiger partial charge in [0.15, 0.2) is 0 Å². The van der Waals surface area contributed by atoms with Crippen LogP contribution in [0, 0.1) is 19.8 Å². The summed E-state index contributed by atoms with van der Waals surface area (Å²) >= 11 is 0. The van der Waals surface area contributed by atoms with E-state index in [9.17, 15) is 9.59 Å². The van der Waals surface area contributed by atoms with Crippen LogP contribution in [0.5, 0.6) is 17.4 Å². The van der Waals surface area contributed by atoms with E-state index in [1.807, 2.05) is 82.3 Å². The van der Waals surface area contributed by atoms with Gasteiger partial charge in [-0.1, -0.05) is 38.1 Å². The van der Waals surface area contributed by atoms with E-state index in [-0.39, 0.29) is 17.7 Å². The zero-order valence-corrected chi connectivity index (χ0v) is 24.0. The first-order chi connectivity index (χ1) is 19.1. The number of hydrogen-bond donors (Lipinski definition) is 1. The second kappa shape index (κ2) is 12.1. The molecule has 4 aromatic rings. The molecule has 40 heavy (non-hydrogen) atoms. The molecule has 1 amide bonds. The number of benzene rings is 3. The molecule has 8 heteroatoms. The van der Waals surface area contributed by atoms with Gasteiger partial charge in [0.25, 0.3) is 0 Å². The fourth-order valence-electron chi connectivity index (χ4n) is 4.45. The Morgan fingerprint density at radius 2 is 1.55 bits per heavy atom. The Labute approximate surface area is 234 Å². The summed E-state index contributed by atoms with van der Waals surface area (Å²) in [6, 6.07) is 19.0. The van der Waals surface area contributed by atoms with Gasteiger partial charge in [0.2, 0.25) is 11.8 Å². The van der Waals surface area contributed by atoms with Gasteiger partial charge in [-0.3, -0.25) is 9.59 Å². The minimum Gasteiger partial charge on any atom is -0.497 e. The highest BCUT2D eigenvalue weighted by Crippen LogP contribution is 2.43. The molecule has 0 unspecified atom stereocenters. The Hall–Kier alpha value is -4.59. The molecule has 0 aliphatic carbocycles. The van der Waals surface area contributed by atoms with Crippen LogP contribution in [0.3, 0.4) is 0 Å². The Morgan fingerprint density at radius 3 is 2.12 bits per heavy atom. The van der Waals surface area contributed by atoms with Crippen molar-refractivity contribution in [1.82, 2.24) is 9.78 Å². The molecule has 208 valence electrons. The van der Waals surface area contributed by atoms with E-state index in [1.165, 1.54) is 6.92 Å². The van der Waals surface area contributed by atoms with Crippen LogP contribution in [0.25, 0.3) is 28.1 Å². The number of amides is 1. The molecule has 0 fully saturated rings. The number of aryl methyl sites for hydroxylation is 2. The Balaban J connectivity index is 1.96. The number of anilines is 1. The predicted molar refractivity (Wildman–Crippen MR) is 156 cm³/mol. The van der Waals surface area contributed by atoms with Crippen LogP contribution < -0.4 is 19.5 Å². The number of rotatable bonds is 9. The number of carbonyl (C=O) groups is 2. The molecule has 3 aromatic carbocycles. The highest BCUT2D eigenvalue weighted by atomic mass is 16.5. The van der Waals surface area contributed by atoms with Crippen LogP contribution >= 0.6 is 0 Å². The summed E-state index contributed by atoms with van der Waals surface area (Å²) in [5, 5.41) is 7.94. The molecule has 4 rings (SSSR count). The maximum Gasteiger partial charge on any atom is 0.309 e. The van der Waals surface area contributed by atoms with Gasteiger partial charge < -0.3 is 19.5 Å². The monoisotopic (exact) mass is 541 g/mol. The molecule has 0 saturated heterocycles. The molecule has 0 aliphatic heterocycles. The summed E-state index contributed by atoms with van der Waals surface area (Å²) in [6.45, 7) is 9.35. The highest BCUT2D eigenvalue weighted by molar-refractivity contribution is 5.92. The van der Waals surface area contributed by atoms with Crippen molar-refractivity contribution in [3.63, 3.8) is 0 Å². The van der Waals surface area contributed by atoms with Gasteiger partial charge in [0, 0.05) is 30.7 Å². The lowest BCUT2D eigenvalue weighted by molar-refractivity contribution is -0.132. The number of aromatic nitrogens is 2. The summed E-state index contributed by atoms with van der Waals surface area (Å²) in [5.74, 6) is 1.21. The molecule has 0 bridgehead atoms. The lowest BCUT2D eigenvalue weighted by Crippen LogP contribution is -2.13. The van der Waals surface area contributed by atoms with Gasteiger partial charge in [-0.2, -0.15) is 9.78 Å². The molecule has 0 spiro atoms. The number of carbonyl (C=O) groups excluding carboxylic acids is 2. The molecule has 1 aromatic heterocycles. The van der Waals surface area contributed by atoms with Gasteiger partial charge in [-0.25, -0.2) is 0 Å². The molecular formula is C32H35N3O5. The first-order valence-electron chi connectivity index (χ1n) is 13.1. The minimum atomic E-state index is -0.472. The summed E-state index contributed by atoms with van der Waals surface area (Å²) in [7, 11) is 3.18. The van der Waals surface area contributed by atoms with Crippen LogP contribution in [-0.4, -0.2) is 35.9 Å². The number of nitrogens with zero attached hydrogens (tertiary/aromatic N) is 2. The van der Waals surface area contributed by atoms with Crippen LogP contribution in [0.15, 0.2) is 60.7 Å². The fourth-order valence-corrected chi connectivity index (χ4v) is 4.45. The van der Waals surface area contributed by atoms with Crippen molar-refractivity contribution in [2.24, 2.45) is 5.92 Å². The second-order valence-corrected chi connectivity index (χ2v) is 10.1. The van der Waals surface area contributed by atoms with E-state index >= 15 is 0 Å². The molecule has 0 atom stereocenters. The van der Waals surface area contributed by atoms with Gasteiger partial charge in [-0.05, 0) is 66.8 Å². The minimum absolute atomic E-state index is 0.0461. The number of hydrogen-bond acceptors (Lipinski definition) is 6. The maximum atomic E-state index is 12.4. The number of esters is 1. The van der Waals surface area contributed by atoms with Crippen LogP contribution in [0.4, 0.5) is 5.69 Å². The van der Waals surface area contributed by atoms with E-state index < -0.39 is 5.97 Å². The fraction of sp³-hybridized carbons (Fsp3) is 0.281. The van der Waals surface area contributed by atoms with Gasteiger partial charge in [0.05, 0.1) is 25.5 Å². The molecule has 1 heterocycles. The van der Waals surface area contributed by atoms with Crippen LogP contribution in [-0.2, 0) is 9.59 Å². The largest absolute Gasteiger partial charge is 0.497 e. The number of ether oxygens (including phenoxy) is 3. The van der Waals surface area contributed by atoms with Gasteiger partial charge in [0.1, 0.15) is 17.2 Å². The smallest absolute Gasteiger partial charge is 0.309 e. The predicted octanol–water partition coefficient (Wildman–Crippen LogP) is 6.75. The van der Waals surface area contributed by atoms with E-state index in [4.69, 9.17) is 19.3 Å². The Bertz CT molecular complexity index is 1510. The van der Waals surface area contributed by atoms with Crippen LogP contribution in [0.1, 0.15) is 38.3 Å². The molecule has 8 nitrogen and oxygen atoms in total. The molecular weight excluding hydrogens is 506 g/mol. The maximum absolute atomic E-state index is 12.4. The standard InChI is InChI=1S/C32H35N3O5/c1-19(2)14-29(37)33-25-12-10-23(11-13-25)30-31(24-16-26(38-6)18-27(17-24)39-7)34-35(32(30)40-22(5)36)28-15-20(3)8-9-21(28)4/h8-13,15-19H,14H2,1-7H3,(H,33,37). The SMILES string of the molecule is COc1cc(OC)cc(-c2nn(-c3cc(C)ccc3C)c(OC(C)=O)c2-c2ccc(NC(=O)CC(C)C)cc2)c1. The normalized spacial score (nSPS) is 10.9. The first-order valence-corrected chi connectivity index (χ1v) is 13.1. The number of methoxy groups -OCH3 is 2. The summed E-state index contributed by atoms with van der Waals surface area (Å²) in [4.78, 5) is 24.7. The van der Waals surface area contributed by atoms with Crippen molar-refractivity contribution in [2.75, 3.05) is 19.5 Å². The van der Waals surface area contributed by atoms with E-state index in [0.717, 1.165) is 27.9 Å². The first kappa shape index (κ1) is 28.4. The molecule has 1 N–H and O–H groups in total. The Morgan fingerprint density at radius 1 is 0.900 bits per heavy atom. The summed E-state index contributed by atoms with van der Waals surface area (Å²) in [6.07, 6.45) is 0.433. The van der Waals surface area contributed by atoms with Gasteiger partial charge >= 0.3 is 5.97 Å². The van der Waals surface area contributed by atoms with Crippen molar-refractivity contribution in [1.29, 1.82) is 0 Å². The Kier molecular flexibility index (Phi) is 8.58. The third kappa shape index (κ3) is 6.34. The molecule has 0 saturated carbocycles. The molecule has 0 radical (unpaired) electrons. The second-order valence-electron chi connectivity index (χ2n) is 10.1. The average Bonchev–Trinajstić information content (AvgIpc) is 3.27. The topological polar surface area (TPSA) is 91.7 Å². The zero-order valence-electron chi connectivity index (χ0n) is 24.0. The van der Waals surface area contributed by atoms with Gasteiger partial charge in [-0.15, -0.1) is 0 Å². The van der Waals surface area contributed by atoms with Crippen molar-refractivity contribution >= 4 is 17.6 Å². The van der Waals surface area contributed by atoms with E-state index in [0.29, 0.717) is 34.9 Å². The molecule has 0 aliphatic rings. The average molecular weight is 542 g/mol. The third-order valence-electron chi connectivity index (χ3n) is 6.35. The van der Waals surface area contributed by atoms with E-state index in [2.05, 4.69) is 5.32 Å². The lowest BCUT2D eigenvalue weighted by atomic mass is 10.00. The van der Waals surface area contributed by atoms with Crippen LogP contribution in [0.2, 0.25) is 0 Å². The third-order valence-corrected chi connectivity index (χ3v) is 6.35. The quantitative estimate of drug-likeness (QED) is 0.236. The highest BCUT2D eigenvalue weighted by Gasteiger charge is 2.26. The number of nitrogens with one attached hydrogen (secondary N) is 1. The van der Waals surface area contributed by atoms with Crippen molar-refractivity contribution in [3.8, 4) is 45.5 Å². The van der Waals surface area contributed by atoms with E-state index in [1.54, 1.807) is 25.0 Å². The zero-order chi connectivity index (χ0) is 29.0. The van der Waals surface area contributed by atoms with Crippen molar-refractivity contribution in [3.05, 3.63) is 71.8 Å².